The molecule has 0 aromatic rings. The molecule has 0 aromatic heterocycles. The standard InChI is InChI=1S/C17H31N/c1-2-14-6-8-15(9-7-14)18-16-10-13-17(16)11-4-3-5-12-17/h14-16,18H,2-13H2,1H3. The Morgan fingerprint density at radius 2 is 1.61 bits per heavy atom. The fourth-order valence-electron chi connectivity index (χ4n) is 4.83. The summed E-state index contributed by atoms with van der Waals surface area (Å²) in [6.07, 6.45) is 17.8. The van der Waals surface area contributed by atoms with Crippen molar-refractivity contribution in [2.75, 3.05) is 0 Å². The molecule has 104 valence electrons. The zero-order chi connectivity index (χ0) is 12.4. The molecule has 18 heavy (non-hydrogen) atoms. The van der Waals surface area contributed by atoms with Crippen molar-refractivity contribution in [3.8, 4) is 0 Å². The van der Waals surface area contributed by atoms with Gasteiger partial charge in [-0.25, -0.2) is 0 Å². The van der Waals surface area contributed by atoms with Gasteiger partial charge in [0.1, 0.15) is 0 Å². The van der Waals surface area contributed by atoms with Crippen LogP contribution in [0.3, 0.4) is 0 Å². The second kappa shape index (κ2) is 5.53. The van der Waals surface area contributed by atoms with Gasteiger partial charge in [0.15, 0.2) is 0 Å². The summed E-state index contributed by atoms with van der Waals surface area (Å²) in [6.45, 7) is 2.36. The molecule has 3 fully saturated rings. The van der Waals surface area contributed by atoms with E-state index in [1.54, 1.807) is 0 Å². The van der Waals surface area contributed by atoms with Crippen LogP contribution in [0, 0.1) is 11.3 Å². The van der Waals surface area contributed by atoms with Gasteiger partial charge in [-0.3, -0.25) is 0 Å². The predicted octanol–water partition coefficient (Wildman–Crippen LogP) is 4.66. The lowest BCUT2D eigenvalue weighted by Gasteiger charge is -2.54. The molecule has 1 unspecified atom stereocenters. The molecule has 1 spiro atoms. The maximum Gasteiger partial charge on any atom is 0.0126 e. The van der Waals surface area contributed by atoms with Gasteiger partial charge in [0.05, 0.1) is 0 Å². The summed E-state index contributed by atoms with van der Waals surface area (Å²) >= 11 is 0. The van der Waals surface area contributed by atoms with Crippen LogP contribution in [-0.2, 0) is 0 Å². The Hall–Kier alpha value is -0.0400. The molecule has 3 aliphatic carbocycles. The number of nitrogens with one attached hydrogen (secondary N) is 1. The van der Waals surface area contributed by atoms with E-state index in [2.05, 4.69) is 12.2 Å². The molecule has 3 saturated carbocycles. The van der Waals surface area contributed by atoms with Crippen LogP contribution in [0.25, 0.3) is 0 Å². The third-order valence-corrected chi connectivity index (χ3v) is 6.38. The van der Waals surface area contributed by atoms with Gasteiger partial charge in [-0.15, -0.1) is 0 Å². The minimum absolute atomic E-state index is 0.750. The lowest BCUT2D eigenvalue weighted by Crippen LogP contribution is -2.57. The predicted molar refractivity (Wildman–Crippen MR) is 77.7 cm³/mol. The molecular weight excluding hydrogens is 218 g/mol. The number of rotatable bonds is 3. The highest BCUT2D eigenvalue weighted by Crippen LogP contribution is 2.52. The summed E-state index contributed by atoms with van der Waals surface area (Å²) < 4.78 is 0. The quantitative estimate of drug-likeness (QED) is 0.767. The van der Waals surface area contributed by atoms with Crippen LogP contribution in [-0.4, -0.2) is 12.1 Å². The smallest absolute Gasteiger partial charge is 0.0126 e. The SMILES string of the molecule is CCC1CCC(NC2CCC23CCCCC3)CC1. The van der Waals surface area contributed by atoms with E-state index >= 15 is 0 Å². The Morgan fingerprint density at radius 3 is 2.17 bits per heavy atom. The topological polar surface area (TPSA) is 12.0 Å². The van der Waals surface area contributed by atoms with Gasteiger partial charge < -0.3 is 5.32 Å². The Kier molecular flexibility index (Phi) is 3.98. The summed E-state index contributed by atoms with van der Waals surface area (Å²) in [5, 5.41) is 4.06. The summed E-state index contributed by atoms with van der Waals surface area (Å²) in [5.74, 6) is 1.04. The van der Waals surface area contributed by atoms with Crippen molar-refractivity contribution >= 4 is 0 Å². The second-order valence-corrected chi connectivity index (χ2v) is 7.31. The van der Waals surface area contributed by atoms with Gasteiger partial charge in [0.25, 0.3) is 0 Å². The summed E-state index contributed by atoms with van der Waals surface area (Å²) in [5.41, 5.74) is 0.750. The summed E-state index contributed by atoms with van der Waals surface area (Å²) in [4.78, 5) is 0. The first-order valence-corrected chi connectivity index (χ1v) is 8.58. The highest BCUT2D eigenvalue weighted by atomic mass is 15.0. The molecule has 0 aliphatic heterocycles. The first-order valence-electron chi connectivity index (χ1n) is 8.58. The molecular formula is C17H31N. The largest absolute Gasteiger partial charge is 0.311 e. The lowest BCUT2D eigenvalue weighted by atomic mass is 9.57. The van der Waals surface area contributed by atoms with Crippen LogP contribution in [0.4, 0.5) is 0 Å². The molecule has 0 amide bonds. The van der Waals surface area contributed by atoms with Crippen molar-refractivity contribution < 1.29 is 0 Å². The van der Waals surface area contributed by atoms with Gasteiger partial charge in [0, 0.05) is 12.1 Å². The van der Waals surface area contributed by atoms with Crippen molar-refractivity contribution in [2.45, 2.75) is 96.1 Å². The fraction of sp³-hybridized carbons (Fsp3) is 1.00. The van der Waals surface area contributed by atoms with Crippen LogP contribution in [0.1, 0.15) is 84.0 Å². The van der Waals surface area contributed by atoms with Gasteiger partial charge in [-0.1, -0.05) is 32.6 Å². The molecule has 0 bridgehead atoms. The van der Waals surface area contributed by atoms with Crippen molar-refractivity contribution in [3.05, 3.63) is 0 Å². The Morgan fingerprint density at radius 1 is 0.889 bits per heavy atom. The Balaban J connectivity index is 1.48. The number of hydrogen-bond donors (Lipinski definition) is 1. The molecule has 0 aromatic carbocycles. The van der Waals surface area contributed by atoms with Crippen LogP contribution < -0.4 is 5.32 Å². The maximum absolute atomic E-state index is 4.06. The first-order chi connectivity index (χ1) is 8.82. The molecule has 0 heterocycles. The van der Waals surface area contributed by atoms with E-state index in [0.717, 1.165) is 23.4 Å². The van der Waals surface area contributed by atoms with E-state index in [-0.39, 0.29) is 0 Å². The molecule has 0 saturated heterocycles. The van der Waals surface area contributed by atoms with Crippen molar-refractivity contribution in [3.63, 3.8) is 0 Å². The average molecular weight is 249 g/mol. The van der Waals surface area contributed by atoms with E-state index < -0.39 is 0 Å². The Bertz CT molecular complexity index is 259. The van der Waals surface area contributed by atoms with Crippen molar-refractivity contribution in [1.82, 2.24) is 5.32 Å². The van der Waals surface area contributed by atoms with Gasteiger partial charge in [-0.05, 0) is 62.7 Å². The first kappa shape index (κ1) is 13.0. The van der Waals surface area contributed by atoms with E-state index in [1.165, 1.54) is 77.0 Å². The van der Waals surface area contributed by atoms with Gasteiger partial charge >= 0.3 is 0 Å². The van der Waals surface area contributed by atoms with E-state index in [4.69, 9.17) is 0 Å². The summed E-state index contributed by atoms with van der Waals surface area (Å²) in [7, 11) is 0. The van der Waals surface area contributed by atoms with Gasteiger partial charge in [-0.2, -0.15) is 0 Å². The Labute approximate surface area is 113 Å². The zero-order valence-electron chi connectivity index (χ0n) is 12.2. The van der Waals surface area contributed by atoms with Crippen molar-refractivity contribution in [2.24, 2.45) is 11.3 Å². The van der Waals surface area contributed by atoms with Crippen LogP contribution in [0.5, 0.6) is 0 Å². The highest BCUT2D eigenvalue weighted by Gasteiger charge is 2.47. The minimum atomic E-state index is 0.750. The minimum Gasteiger partial charge on any atom is -0.311 e. The lowest BCUT2D eigenvalue weighted by molar-refractivity contribution is 0.0123. The highest BCUT2D eigenvalue weighted by molar-refractivity contribution is 5.02. The molecule has 3 rings (SSSR count). The molecule has 1 heteroatoms. The summed E-state index contributed by atoms with van der Waals surface area (Å²) in [6, 6.07) is 1.75. The molecule has 1 N–H and O–H groups in total. The van der Waals surface area contributed by atoms with Gasteiger partial charge in [0.2, 0.25) is 0 Å². The van der Waals surface area contributed by atoms with Crippen LogP contribution in [0.15, 0.2) is 0 Å². The molecule has 1 atom stereocenters. The normalized spacial score (nSPS) is 39.5. The third kappa shape index (κ3) is 2.48. The van der Waals surface area contributed by atoms with E-state index in [9.17, 15) is 0 Å². The molecule has 0 radical (unpaired) electrons. The second-order valence-electron chi connectivity index (χ2n) is 7.31. The fourth-order valence-corrected chi connectivity index (χ4v) is 4.83. The maximum atomic E-state index is 4.06. The number of hydrogen-bond acceptors (Lipinski definition) is 1. The monoisotopic (exact) mass is 249 g/mol. The van der Waals surface area contributed by atoms with E-state index in [0.29, 0.717) is 0 Å². The average Bonchev–Trinajstić information content (AvgIpc) is 2.45. The van der Waals surface area contributed by atoms with Crippen LogP contribution in [0.2, 0.25) is 0 Å². The van der Waals surface area contributed by atoms with Crippen molar-refractivity contribution in [1.29, 1.82) is 0 Å². The molecule has 1 nitrogen and oxygen atoms in total. The molecule has 3 aliphatic rings. The zero-order valence-corrected chi connectivity index (χ0v) is 12.2. The van der Waals surface area contributed by atoms with E-state index in [1.807, 2.05) is 0 Å². The van der Waals surface area contributed by atoms with Crippen LogP contribution >= 0.6 is 0 Å². The third-order valence-electron chi connectivity index (χ3n) is 6.38.